The molecule has 0 bridgehead atoms. The lowest BCUT2D eigenvalue weighted by molar-refractivity contribution is -0.150. The Bertz CT molecular complexity index is 585. The molecular formula is C13H20N2O13. The SMILES string of the molecule is CC(=O)CC(=O)C(=O)O.NCC(=O)O.N[C@@H](CC(=O)O)C(=O)O.O=CC(=O)O. The zero-order valence-electron chi connectivity index (χ0n) is 14.4. The summed E-state index contributed by atoms with van der Waals surface area (Å²) in [5.41, 5.74) is 9.41. The van der Waals surface area contributed by atoms with Crippen molar-refractivity contribution in [3.05, 3.63) is 0 Å². The van der Waals surface area contributed by atoms with Crippen LogP contribution in [0.2, 0.25) is 0 Å². The lowest BCUT2D eigenvalue weighted by Crippen LogP contribution is -2.32. The summed E-state index contributed by atoms with van der Waals surface area (Å²) < 4.78 is 0. The van der Waals surface area contributed by atoms with Crippen molar-refractivity contribution in [1.82, 2.24) is 0 Å². The molecule has 28 heavy (non-hydrogen) atoms. The minimum absolute atomic E-state index is 0.167. The summed E-state index contributed by atoms with van der Waals surface area (Å²) in [6.07, 6.45) is -1.20. The van der Waals surface area contributed by atoms with Gasteiger partial charge in [-0.3, -0.25) is 28.8 Å². The molecule has 0 aliphatic carbocycles. The fraction of sp³-hybridized carbons (Fsp3) is 0.385. The highest BCUT2D eigenvalue weighted by atomic mass is 16.4. The normalized spacial score (nSPS) is 9.25. The molecule has 160 valence electrons. The van der Waals surface area contributed by atoms with E-state index in [9.17, 15) is 28.8 Å². The summed E-state index contributed by atoms with van der Waals surface area (Å²) in [6.45, 7) is 0.890. The minimum atomic E-state index is -1.55. The highest BCUT2D eigenvalue weighted by Crippen LogP contribution is 1.86. The number of aliphatic carboxylic acids is 5. The summed E-state index contributed by atoms with van der Waals surface area (Å²) in [4.78, 5) is 76.7. The fourth-order valence-corrected chi connectivity index (χ4v) is 0.577. The first-order valence-electron chi connectivity index (χ1n) is 6.67. The molecule has 0 aromatic heterocycles. The maximum absolute atomic E-state index is 10.1. The highest BCUT2D eigenvalue weighted by Gasteiger charge is 2.14. The number of carboxylic acids is 5. The van der Waals surface area contributed by atoms with E-state index in [2.05, 4.69) is 5.73 Å². The molecule has 15 nitrogen and oxygen atoms in total. The van der Waals surface area contributed by atoms with Crippen molar-refractivity contribution in [1.29, 1.82) is 0 Å². The molecule has 15 heteroatoms. The summed E-state index contributed by atoms with van der Waals surface area (Å²) in [6, 6.07) is -1.29. The van der Waals surface area contributed by atoms with Gasteiger partial charge in [-0.15, -0.1) is 0 Å². The number of Topliss-reactive ketones (excluding diaryl/α,β-unsaturated/α-hetero) is 2. The number of aldehydes is 1. The highest BCUT2D eigenvalue weighted by molar-refractivity contribution is 6.36. The number of ketones is 2. The zero-order chi connectivity index (χ0) is 23.4. The Balaban J connectivity index is -0.000000143. The van der Waals surface area contributed by atoms with E-state index >= 15 is 0 Å². The van der Waals surface area contributed by atoms with Crippen LogP contribution in [0, 0.1) is 0 Å². The number of hydrogen-bond donors (Lipinski definition) is 7. The van der Waals surface area contributed by atoms with Gasteiger partial charge in [0, 0.05) is 0 Å². The standard InChI is InChI=1S/C5H6O4.C4H7NO4.C2H5NO2.C2H2O3/c1-3(6)2-4(7)5(8)9;5-2(4(8)9)1-3(6)7;2*3-1-2(4)5/h2H2,1H3,(H,8,9);2H,1,5H2,(H,6,7)(H,8,9);1,3H2,(H,4,5);1H,(H,4,5)/t;2-;;/m.0../s1. The van der Waals surface area contributed by atoms with Gasteiger partial charge in [0.05, 0.1) is 19.4 Å². The number of hydrogen-bond acceptors (Lipinski definition) is 10. The van der Waals surface area contributed by atoms with Crippen LogP contribution in [0.3, 0.4) is 0 Å². The van der Waals surface area contributed by atoms with Crippen molar-refractivity contribution in [3.8, 4) is 0 Å². The Morgan fingerprint density at radius 3 is 1.32 bits per heavy atom. The fourth-order valence-electron chi connectivity index (χ4n) is 0.577. The van der Waals surface area contributed by atoms with Crippen molar-refractivity contribution >= 4 is 47.7 Å². The topological polar surface area (TPSA) is 290 Å². The van der Waals surface area contributed by atoms with Gasteiger partial charge in [0.2, 0.25) is 12.1 Å². The maximum atomic E-state index is 10.1. The second-order valence-electron chi connectivity index (χ2n) is 4.20. The smallest absolute Gasteiger partial charge is 0.372 e. The molecule has 0 aromatic carbocycles. The molecular weight excluding hydrogens is 392 g/mol. The summed E-state index contributed by atoms with van der Waals surface area (Å²) in [5.74, 6) is -7.92. The van der Waals surface area contributed by atoms with E-state index in [1.807, 2.05) is 0 Å². The third kappa shape index (κ3) is 38.1. The minimum Gasteiger partial charge on any atom is -0.481 e. The molecule has 0 aliphatic heterocycles. The summed E-state index contributed by atoms with van der Waals surface area (Å²) >= 11 is 0. The molecule has 0 aromatic rings. The van der Waals surface area contributed by atoms with E-state index in [-0.39, 0.29) is 12.8 Å². The van der Waals surface area contributed by atoms with Gasteiger partial charge >= 0.3 is 29.8 Å². The number of rotatable bonds is 8. The second-order valence-corrected chi connectivity index (χ2v) is 4.20. The van der Waals surface area contributed by atoms with Crippen molar-refractivity contribution in [2.45, 2.75) is 25.8 Å². The van der Waals surface area contributed by atoms with E-state index in [0.29, 0.717) is 0 Å². The molecule has 0 heterocycles. The average Bonchev–Trinajstić information content (AvgIpc) is 2.55. The number of carboxylic acid groups (broad SMARTS) is 5. The zero-order valence-corrected chi connectivity index (χ0v) is 14.4. The molecule has 0 aliphatic rings. The predicted molar refractivity (Wildman–Crippen MR) is 86.2 cm³/mol. The molecule has 0 amide bonds. The predicted octanol–water partition coefficient (Wildman–Crippen LogP) is -3.21. The third-order valence-corrected chi connectivity index (χ3v) is 1.64. The Morgan fingerprint density at radius 2 is 1.25 bits per heavy atom. The largest absolute Gasteiger partial charge is 0.481 e. The van der Waals surface area contributed by atoms with Crippen molar-refractivity contribution in [3.63, 3.8) is 0 Å². The first-order chi connectivity index (χ1) is 12.6. The Labute approximate surface area is 156 Å². The number of nitrogens with two attached hydrogens (primary N) is 2. The summed E-state index contributed by atoms with van der Waals surface area (Å²) in [5, 5.41) is 38.9. The molecule has 0 unspecified atom stereocenters. The van der Waals surface area contributed by atoms with E-state index in [4.69, 9.17) is 40.9 Å². The van der Waals surface area contributed by atoms with Gasteiger partial charge < -0.3 is 37.0 Å². The first-order valence-corrected chi connectivity index (χ1v) is 6.67. The van der Waals surface area contributed by atoms with Crippen LogP contribution in [0.1, 0.15) is 19.8 Å². The van der Waals surface area contributed by atoms with Crippen molar-refractivity contribution in [2.75, 3.05) is 6.54 Å². The second kappa shape index (κ2) is 19.6. The van der Waals surface area contributed by atoms with Crippen LogP contribution in [-0.4, -0.2) is 85.8 Å². The lowest BCUT2D eigenvalue weighted by Gasteiger charge is -1.99. The van der Waals surface area contributed by atoms with Crippen molar-refractivity contribution in [2.24, 2.45) is 11.5 Å². The van der Waals surface area contributed by atoms with E-state index in [1.165, 1.54) is 6.92 Å². The number of carbonyl (C=O) groups is 8. The first kappa shape index (κ1) is 32.0. The maximum Gasteiger partial charge on any atom is 0.372 e. The van der Waals surface area contributed by atoms with E-state index in [0.717, 1.165) is 0 Å². The average molecular weight is 412 g/mol. The van der Waals surface area contributed by atoms with Gasteiger partial charge in [0.1, 0.15) is 11.8 Å². The van der Waals surface area contributed by atoms with Gasteiger partial charge in [-0.2, -0.15) is 0 Å². The Hall–Kier alpha value is -3.72. The van der Waals surface area contributed by atoms with Crippen LogP contribution in [0.4, 0.5) is 0 Å². The molecule has 0 saturated heterocycles. The van der Waals surface area contributed by atoms with E-state index in [1.54, 1.807) is 0 Å². The Morgan fingerprint density at radius 1 is 0.893 bits per heavy atom. The molecule has 0 saturated carbocycles. The van der Waals surface area contributed by atoms with Crippen LogP contribution in [-0.2, 0) is 38.4 Å². The monoisotopic (exact) mass is 412 g/mol. The lowest BCUT2D eigenvalue weighted by atomic mass is 10.2. The van der Waals surface area contributed by atoms with Crippen LogP contribution < -0.4 is 11.5 Å². The van der Waals surface area contributed by atoms with Crippen molar-refractivity contribution < 1.29 is 63.9 Å². The summed E-state index contributed by atoms with van der Waals surface area (Å²) in [7, 11) is 0. The van der Waals surface area contributed by atoms with Crippen LogP contribution in [0.25, 0.3) is 0 Å². The molecule has 0 radical (unpaired) electrons. The van der Waals surface area contributed by atoms with Crippen LogP contribution >= 0.6 is 0 Å². The van der Waals surface area contributed by atoms with Crippen LogP contribution in [0.5, 0.6) is 0 Å². The molecule has 0 spiro atoms. The van der Waals surface area contributed by atoms with Gasteiger partial charge in [0.25, 0.3) is 0 Å². The molecule has 1 atom stereocenters. The van der Waals surface area contributed by atoms with E-state index < -0.39 is 60.3 Å². The third-order valence-electron chi connectivity index (χ3n) is 1.64. The van der Waals surface area contributed by atoms with Gasteiger partial charge in [-0.1, -0.05) is 0 Å². The van der Waals surface area contributed by atoms with Gasteiger partial charge in [-0.05, 0) is 6.92 Å². The quantitative estimate of drug-likeness (QED) is 0.117. The molecule has 9 N–H and O–H groups in total. The number of carbonyl (C=O) groups excluding carboxylic acids is 3. The Kier molecular flexibility index (Phi) is 22.4. The molecule has 0 rings (SSSR count). The van der Waals surface area contributed by atoms with Gasteiger partial charge in [-0.25, -0.2) is 9.59 Å². The molecule has 0 fully saturated rings. The van der Waals surface area contributed by atoms with Crippen LogP contribution in [0.15, 0.2) is 0 Å². The van der Waals surface area contributed by atoms with Gasteiger partial charge in [0.15, 0.2) is 0 Å².